The Morgan fingerprint density at radius 3 is 2.21 bits per heavy atom. The predicted molar refractivity (Wildman–Crippen MR) is 183 cm³/mol. The summed E-state index contributed by atoms with van der Waals surface area (Å²) >= 11 is 0. The van der Waals surface area contributed by atoms with Crippen LogP contribution in [0.15, 0.2) is 88.7 Å². The molecule has 0 radical (unpaired) electrons. The Morgan fingerprint density at radius 1 is 0.896 bits per heavy atom. The van der Waals surface area contributed by atoms with E-state index >= 15 is 0 Å². The summed E-state index contributed by atoms with van der Waals surface area (Å²) in [6, 6.07) is 20.1. The van der Waals surface area contributed by atoms with E-state index in [0.717, 1.165) is 9.87 Å². The molecule has 0 bridgehead atoms. The number of carboxylic acids is 1. The van der Waals surface area contributed by atoms with Crippen molar-refractivity contribution < 1.29 is 36.3 Å². The third-order valence-electron chi connectivity index (χ3n) is 8.33. The molecule has 1 atom stereocenters. The molecular formula is C35H37N3O8S2. The first kappa shape index (κ1) is 34.5. The minimum absolute atomic E-state index is 0.0249. The van der Waals surface area contributed by atoms with Crippen LogP contribution < -0.4 is 18.7 Å². The number of hydrogen-bond acceptors (Lipinski definition) is 8. The number of benzene rings is 4. The van der Waals surface area contributed by atoms with E-state index in [4.69, 9.17) is 4.74 Å². The number of fused-ring (bicyclic) bond motifs is 1. The van der Waals surface area contributed by atoms with Crippen molar-refractivity contribution in [2.24, 2.45) is 0 Å². The zero-order valence-corrected chi connectivity index (χ0v) is 28.9. The molecule has 1 aliphatic heterocycles. The van der Waals surface area contributed by atoms with Gasteiger partial charge < -0.3 is 14.7 Å². The van der Waals surface area contributed by atoms with Crippen molar-refractivity contribution in [3.8, 4) is 5.75 Å². The summed E-state index contributed by atoms with van der Waals surface area (Å²) in [7, 11) is -7.16. The van der Waals surface area contributed by atoms with Gasteiger partial charge in [-0.3, -0.25) is 13.9 Å². The first-order valence-electron chi connectivity index (χ1n) is 15.1. The topological polar surface area (TPSA) is 150 Å². The van der Waals surface area contributed by atoms with Gasteiger partial charge in [-0.1, -0.05) is 54.1 Å². The molecule has 1 amide bonds. The molecule has 0 aromatic heterocycles. The van der Waals surface area contributed by atoms with Crippen LogP contribution >= 0.6 is 0 Å². The molecule has 0 fully saturated rings. The molecule has 1 unspecified atom stereocenters. The SMILES string of the molecule is COc1cccc(C(C(=O)NS(=O)(=O)c2ccccc2C)N2CCc3c2cccc3N(CC(=O)O)S(=O)(=O)c2c(C)cc(C)cc2C)c1. The quantitative estimate of drug-likeness (QED) is 0.226. The molecule has 252 valence electrons. The molecule has 5 rings (SSSR count). The van der Waals surface area contributed by atoms with Gasteiger partial charge in [0.05, 0.1) is 22.6 Å². The van der Waals surface area contributed by atoms with E-state index in [1.165, 1.54) is 13.2 Å². The van der Waals surface area contributed by atoms with Gasteiger partial charge in [0.2, 0.25) is 0 Å². The van der Waals surface area contributed by atoms with E-state index in [-0.39, 0.29) is 28.4 Å². The first-order valence-corrected chi connectivity index (χ1v) is 18.0. The van der Waals surface area contributed by atoms with Crippen molar-refractivity contribution >= 4 is 43.3 Å². The van der Waals surface area contributed by atoms with Crippen LogP contribution in [-0.4, -0.2) is 54.0 Å². The molecule has 4 aromatic rings. The van der Waals surface area contributed by atoms with Crippen molar-refractivity contribution in [2.45, 2.75) is 49.9 Å². The highest BCUT2D eigenvalue weighted by atomic mass is 32.2. The molecule has 2 N–H and O–H groups in total. The number of anilines is 2. The maximum absolute atomic E-state index is 14.3. The number of carboxylic acid groups (broad SMARTS) is 1. The van der Waals surface area contributed by atoms with Crippen LogP contribution in [0.1, 0.15) is 39.4 Å². The van der Waals surface area contributed by atoms with Crippen LogP contribution in [0.25, 0.3) is 0 Å². The Bertz CT molecular complexity index is 2110. The van der Waals surface area contributed by atoms with E-state index in [1.807, 2.05) is 6.92 Å². The summed E-state index contributed by atoms with van der Waals surface area (Å²) in [4.78, 5) is 27.9. The average Bonchev–Trinajstić information content (AvgIpc) is 3.43. The summed E-state index contributed by atoms with van der Waals surface area (Å²) in [5, 5.41) is 9.88. The van der Waals surface area contributed by atoms with Crippen LogP contribution in [0.4, 0.5) is 11.4 Å². The lowest BCUT2D eigenvalue weighted by Gasteiger charge is -2.31. The van der Waals surface area contributed by atoms with E-state index in [2.05, 4.69) is 4.72 Å². The zero-order valence-electron chi connectivity index (χ0n) is 27.2. The van der Waals surface area contributed by atoms with Gasteiger partial charge in [0.1, 0.15) is 18.3 Å². The molecule has 0 spiro atoms. The molecule has 48 heavy (non-hydrogen) atoms. The molecule has 0 aliphatic carbocycles. The Labute approximate surface area is 280 Å². The predicted octanol–water partition coefficient (Wildman–Crippen LogP) is 4.82. The summed E-state index contributed by atoms with van der Waals surface area (Å²) < 4.78 is 64.0. The lowest BCUT2D eigenvalue weighted by molar-refractivity contribution is -0.135. The number of carbonyl (C=O) groups is 2. The third-order valence-corrected chi connectivity index (χ3v) is 11.9. The zero-order chi connectivity index (χ0) is 35.0. The number of aliphatic carboxylic acids is 1. The van der Waals surface area contributed by atoms with Crippen LogP contribution in [0, 0.1) is 27.7 Å². The Balaban J connectivity index is 1.63. The van der Waals surface area contributed by atoms with Crippen LogP contribution in [0.2, 0.25) is 0 Å². The van der Waals surface area contributed by atoms with Crippen LogP contribution in [0.5, 0.6) is 5.75 Å². The Kier molecular flexibility index (Phi) is 9.56. The largest absolute Gasteiger partial charge is 0.497 e. The fourth-order valence-electron chi connectivity index (χ4n) is 6.43. The standard InChI is InChI=1S/C35H37N3O8S2/c1-22-18-24(3)34(25(4)19-22)48(44,45)38(21-32(39)40)30-14-9-13-29-28(30)16-17-37(29)33(26-11-8-12-27(20-26)46-5)35(41)36-47(42,43)31-15-7-6-10-23(31)2/h6-15,18-20,33H,16-17,21H2,1-5H3,(H,36,41)(H,39,40). The molecule has 0 saturated heterocycles. The van der Waals surface area contributed by atoms with Crippen molar-refractivity contribution in [2.75, 3.05) is 29.4 Å². The van der Waals surface area contributed by atoms with Gasteiger partial charge in [0.25, 0.3) is 26.0 Å². The van der Waals surface area contributed by atoms with Crippen molar-refractivity contribution in [3.63, 3.8) is 0 Å². The number of nitrogens with one attached hydrogen (secondary N) is 1. The molecule has 1 aliphatic rings. The molecule has 11 nitrogen and oxygen atoms in total. The fourth-order valence-corrected chi connectivity index (χ4v) is 9.53. The van der Waals surface area contributed by atoms with Gasteiger partial charge in [0, 0.05) is 17.8 Å². The summed E-state index contributed by atoms with van der Waals surface area (Å²) in [5.74, 6) is -1.73. The van der Waals surface area contributed by atoms with E-state index in [0.29, 0.717) is 39.3 Å². The number of ether oxygens (including phenoxy) is 1. The van der Waals surface area contributed by atoms with Gasteiger partial charge in [-0.2, -0.15) is 0 Å². The number of hydrogen-bond donors (Lipinski definition) is 2. The summed E-state index contributed by atoms with van der Waals surface area (Å²) in [6.45, 7) is 6.20. The number of amides is 1. The maximum Gasteiger partial charge on any atom is 0.324 e. The monoisotopic (exact) mass is 691 g/mol. The fraction of sp³-hybridized carbons (Fsp3) is 0.257. The van der Waals surface area contributed by atoms with Crippen molar-refractivity contribution in [3.05, 3.63) is 112 Å². The number of rotatable bonds is 11. The smallest absolute Gasteiger partial charge is 0.324 e. The highest BCUT2D eigenvalue weighted by Crippen LogP contribution is 2.42. The minimum atomic E-state index is -4.36. The molecule has 0 saturated carbocycles. The second-order valence-electron chi connectivity index (χ2n) is 11.8. The highest BCUT2D eigenvalue weighted by Gasteiger charge is 2.38. The highest BCUT2D eigenvalue weighted by molar-refractivity contribution is 7.93. The lowest BCUT2D eigenvalue weighted by atomic mass is 10.0. The van der Waals surface area contributed by atoms with Crippen molar-refractivity contribution in [1.29, 1.82) is 0 Å². The van der Waals surface area contributed by atoms with E-state index < -0.39 is 44.5 Å². The van der Waals surface area contributed by atoms with Gasteiger partial charge in [0.15, 0.2) is 0 Å². The molecule has 1 heterocycles. The number of sulfonamides is 2. The molecule has 4 aromatic carbocycles. The lowest BCUT2D eigenvalue weighted by Crippen LogP contribution is -2.42. The normalized spacial score (nSPS) is 13.5. The van der Waals surface area contributed by atoms with Crippen molar-refractivity contribution in [1.82, 2.24) is 4.72 Å². The van der Waals surface area contributed by atoms with Gasteiger partial charge in [-0.25, -0.2) is 21.6 Å². The molecule has 13 heteroatoms. The van der Waals surface area contributed by atoms with Gasteiger partial charge in [-0.15, -0.1) is 0 Å². The Hall–Kier alpha value is -4.88. The van der Waals surface area contributed by atoms with Crippen LogP contribution in [0.3, 0.4) is 0 Å². The third kappa shape index (κ3) is 6.60. The Morgan fingerprint density at radius 2 is 1.56 bits per heavy atom. The second kappa shape index (κ2) is 13.3. The first-order chi connectivity index (χ1) is 22.6. The number of carbonyl (C=O) groups excluding carboxylic acids is 1. The van der Waals surface area contributed by atoms with E-state index in [9.17, 15) is 31.5 Å². The summed E-state index contributed by atoms with van der Waals surface area (Å²) in [6.07, 6.45) is 0.251. The number of aryl methyl sites for hydroxylation is 4. The maximum atomic E-state index is 14.3. The van der Waals surface area contributed by atoms with E-state index in [1.54, 1.807) is 98.5 Å². The van der Waals surface area contributed by atoms with Crippen LogP contribution in [-0.2, 0) is 36.1 Å². The summed E-state index contributed by atoms with van der Waals surface area (Å²) in [5.41, 5.74) is 3.88. The molecular weight excluding hydrogens is 655 g/mol. The average molecular weight is 692 g/mol. The van der Waals surface area contributed by atoms with Gasteiger partial charge in [-0.05, 0) is 86.7 Å². The number of methoxy groups -OCH3 is 1. The number of nitrogens with zero attached hydrogens (tertiary/aromatic N) is 2. The minimum Gasteiger partial charge on any atom is -0.497 e. The van der Waals surface area contributed by atoms with Gasteiger partial charge >= 0.3 is 5.97 Å². The second-order valence-corrected chi connectivity index (χ2v) is 15.2.